The summed E-state index contributed by atoms with van der Waals surface area (Å²) in [5.41, 5.74) is 0.155. The highest BCUT2D eigenvalue weighted by molar-refractivity contribution is 7.77. The molecule has 1 aromatic carbocycles. The number of carboxylic acid groups (broad SMARTS) is 1. The average Bonchev–Trinajstić information content (AvgIpc) is 2.73. The van der Waals surface area contributed by atoms with Crippen LogP contribution in [-0.4, -0.2) is 23.8 Å². The summed E-state index contributed by atoms with van der Waals surface area (Å²) >= 11 is -2.48. The lowest BCUT2D eigenvalue weighted by molar-refractivity contribution is 0.0690. The Hall–Kier alpha value is -1.99. The van der Waals surface area contributed by atoms with Crippen molar-refractivity contribution >= 4 is 17.2 Å². The van der Waals surface area contributed by atoms with Crippen molar-refractivity contribution < 1.29 is 23.1 Å². The van der Waals surface area contributed by atoms with Gasteiger partial charge in [0.05, 0.1) is 0 Å². The van der Waals surface area contributed by atoms with E-state index in [2.05, 4.69) is 0 Å². The number of hydrogen-bond donors (Lipinski definition) is 2. The molecule has 0 saturated heterocycles. The van der Waals surface area contributed by atoms with E-state index in [1.807, 2.05) is 0 Å². The van der Waals surface area contributed by atoms with Gasteiger partial charge in [0.2, 0.25) is 0 Å². The van der Waals surface area contributed by atoms with Crippen molar-refractivity contribution in [1.29, 1.82) is 0 Å². The molecule has 0 spiro atoms. The maximum Gasteiger partial charge on any atom is 0.354 e. The van der Waals surface area contributed by atoms with Gasteiger partial charge in [-0.2, -0.15) is 0 Å². The molecule has 7 heteroatoms. The normalized spacial score (nSPS) is 12.3. The topological polar surface area (TPSA) is 79.5 Å². The van der Waals surface area contributed by atoms with E-state index in [-0.39, 0.29) is 11.3 Å². The molecule has 0 aliphatic rings. The molecule has 1 unspecified atom stereocenters. The Morgan fingerprint density at radius 2 is 2.06 bits per heavy atom. The monoisotopic (exact) mass is 269 g/mol. The van der Waals surface area contributed by atoms with Gasteiger partial charge in [0, 0.05) is 11.8 Å². The van der Waals surface area contributed by atoms with Crippen LogP contribution in [0.2, 0.25) is 0 Å². The van der Waals surface area contributed by atoms with Crippen LogP contribution in [0.25, 0.3) is 11.1 Å². The molecule has 94 valence electrons. The first-order chi connectivity index (χ1) is 8.50. The van der Waals surface area contributed by atoms with Gasteiger partial charge in [-0.15, -0.1) is 0 Å². The molecule has 1 heterocycles. The molecule has 0 fully saturated rings. The Kier molecular flexibility index (Phi) is 3.26. The summed E-state index contributed by atoms with van der Waals surface area (Å²) < 4.78 is 33.7. The fourth-order valence-corrected chi connectivity index (χ4v) is 2.14. The first-order valence-electron chi connectivity index (χ1n) is 4.82. The molecule has 5 nitrogen and oxygen atoms in total. The zero-order chi connectivity index (χ0) is 13.3. The SMILES string of the molecule is O=C(O)c1c(-c2cccc(F)c2)ccn1S(=O)O. The van der Waals surface area contributed by atoms with Gasteiger partial charge in [-0.05, 0) is 23.8 Å². The highest BCUT2D eigenvalue weighted by Gasteiger charge is 2.20. The van der Waals surface area contributed by atoms with E-state index in [1.54, 1.807) is 0 Å². The molecule has 1 aromatic heterocycles. The largest absolute Gasteiger partial charge is 0.477 e. The van der Waals surface area contributed by atoms with Crippen LogP contribution in [-0.2, 0) is 11.3 Å². The number of benzene rings is 1. The van der Waals surface area contributed by atoms with Crippen molar-refractivity contribution in [3.63, 3.8) is 0 Å². The smallest absolute Gasteiger partial charge is 0.354 e. The summed E-state index contributed by atoms with van der Waals surface area (Å²) in [4.78, 5) is 11.1. The lowest BCUT2D eigenvalue weighted by Gasteiger charge is -2.04. The summed E-state index contributed by atoms with van der Waals surface area (Å²) in [6.45, 7) is 0. The van der Waals surface area contributed by atoms with Gasteiger partial charge < -0.3 is 5.11 Å². The number of aromatic carboxylic acids is 1. The van der Waals surface area contributed by atoms with Crippen molar-refractivity contribution in [1.82, 2.24) is 3.97 Å². The minimum atomic E-state index is -2.48. The van der Waals surface area contributed by atoms with Crippen LogP contribution in [0.15, 0.2) is 36.5 Å². The van der Waals surface area contributed by atoms with Crippen LogP contribution in [0, 0.1) is 5.82 Å². The molecule has 0 aliphatic carbocycles. The lowest BCUT2D eigenvalue weighted by Crippen LogP contribution is -2.11. The predicted molar refractivity (Wildman–Crippen MR) is 63.0 cm³/mol. The number of carbonyl (C=O) groups is 1. The molecule has 18 heavy (non-hydrogen) atoms. The molecule has 2 N–H and O–H groups in total. The summed E-state index contributed by atoms with van der Waals surface area (Å²) in [5, 5.41) is 9.05. The van der Waals surface area contributed by atoms with Crippen LogP contribution in [0.3, 0.4) is 0 Å². The van der Waals surface area contributed by atoms with Gasteiger partial charge in [-0.3, -0.25) is 4.55 Å². The number of nitrogens with zero attached hydrogens (tertiary/aromatic N) is 1. The van der Waals surface area contributed by atoms with Gasteiger partial charge >= 0.3 is 5.97 Å². The van der Waals surface area contributed by atoms with E-state index in [0.717, 1.165) is 6.07 Å². The molecular formula is C11H8FNO4S. The number of carboxylic acids is 1. The molecule has 0 saturated carbocycles. The van der Waals surface area contributed by atoms with Crippen molar-refractivity contribution in [3.8, 4) is 11.1 Å². The molecule has 0 amide bonds. The maximum atomic E-state index is 13.1. The second kappa shape index (κ2) is 4.71. The van der Waals surface area contributed by atoms with E-state index >= 15 is 0 Å². The highest BCUT2D eigenvalue weighted by Crippen LogP contribution is 2.26. The average molecular weight is 269 g/mol. The third-order valence-electron chi connectivity index (χ3n) is 2.36. The van der Waals surface area contributed by atoms with Gasteiger partial charge in [0.15, 0.2) is 0 Å². The fraction of sp³-hybridized carbons (Fsp3) is 0. The lowest BCUT2D eigenvalue weighted by atomic mass is 10.1. The first kappa shape index (κ1) is 12.5. The minimum absolute atomic E-state index is 0.185. The van der Waals surface area contributed by atoms with Gasteiger partial charge in [-0.1, -0.05) is 12.1 Å². The Morgan fingerprint density at radius 1 is 1.33 bits per heavy atom. The Labute approximate surface area is 104 Å². The van der Waals surface area contributed by atoms with E-state index < -0.39 is 23.1 Å². The van der Waals surface area contributed by atoms with E-state index in [4.69, 9.17) is 9.66 Å². The zero-order valence-corrected chi connectivity index (χ0v) is 9.72. The minimum Gasteiger partial charge on any atom is -0.477 e. The Bertz CT molecular complexity index is 638. The van der Waals surface area contributed by atoms with Gasteiger partial charge in [-0.25, -0.2) is 17.4 Å². The molecule has 1 atom stereocenters. The molecule has 0 aliphatic heterocycles. The number of hydrogen-bond acceptors (Lipinski definition) is 2. The quantitative estimate of drug-likeness (QED) is 0.835. The Balaban J connectivity index is 2.65. The standard InChI is InChI=1S/C11H8FNO4S/c12-8-3-1-2-7(6-8)9-4-5-13(18(16)17)10(9)11(14)15/h1-6H,(H,14,15)(H,16,17). The summed E-state index contributed by atoms with van der Waals surface area (Å²) in [6.07, 6.45) is 1.17. The first-order valence-corrected chi connectivity index (χ1v) is 5.89. The number of rotatable bonds is 3. The summed E-state index contributed by atoms with van der Waals surface area (Å²) in [6, 6.07) is 6.70. The molecule has 2 rings (SSSR count). The molecular weight excluding hydrogens is 261 g/mol. The van der Waals surface area contributed by atoms with Crippen LogP contribution >= 0.6 is 0 Å². The van der Waals surface area contributed by atoms with E-state index in [1.165, 1.54) is 30.5 Å². The van der Waals surface area contributed by atoms with Crippen molar-refractivity contribution in [3.05, 3.63) is 48.0 Å². The summed E-state index contributed by atoms with van der Waals surface area (Å²) in [5.74, 6) is -1.87. The van der Waals surface area contributed by atoms with Crippen molar-refractivity contribution in [2.45, 2.75) is 0 Å². The number of halogens is 1. The van der Waals surface area contributed by atoms with Gasteiger partial charge in [0.1, 0.15) is 11.5 Å². The molecule has 2 aromatic rings. The van der Waals surface area contributed by atoms with E-state index in [0.29, 0.717) is 9.54 Å². The van der Waals surface area contributed by atoms with Crippen molar-refractivity contribution in [2.24, 2.45) is 0 Å². The van der Waals surface area contributed by atoms with Crippen LogP contribution in [0.4, 0.5) is 4.39 Å². The van der Waals surface area contributed by atoms with Crippen LogP contribution < -0.4 is 0 Å². The third kappa shape index (κ3) is 2.18. The van der Waals surface area contributed by atoms with Crippen LogP contribution in [0.1, 0.15) is 10.5 Å². The van der Waals surface area contributed by atoms with Crippen molar-refractivity contribution in [2.75, 3.05) is 0 Å². The molecule has 0 radical (unpaired) electrons. The highest BCUT2D eigenvalue weighted by atomic mass is 32.2. The third-order valence-corrected chi connectivity index (χ3v) is 3.00. The zero-order valence-electron chi connectivity index (χ0n) is 8.91. The van der Waals surface area contributed by atoms with Gasteiger partial charge in [0.25, 0.3) is 11.3 Å². The Morgan fingerprint density at radius 3 is 2.61 bits per heavy atom. The second-order valence-electron chi connectivity index (χ2n) is 3.45. The fourth-order valence-electron chi connectivity index (χ4n) is 1.64. The van der Waals surface area contributed by atoms with E-state index in [9.17, 15) is 13.4 Å². The molecule has 0 bridgehead atoms. The predicted octanol–water partition coefficient (Wildman–Crippen LogP) is 1.98. The van der Waals surface area contributed by atoms with Crippen LogP contribution in [0.5, 0.6) is 0 Å². The maximum absolute atomic E-state index is 13.1. The summed E-state index contributed by atoms with van der Waals surface area (Å²) in [7, 11) is 0. The second-order valence-corrected chi connectivity index (χ2v) is 4.30. The number of aromatic nitrogens is 1.